The number of fused-ring (bicyclic) bond motifs is 1. The summed E-state index contributed by atoms with van der Waals surface area (Å²) in [5, 5.41) is 1.03. The summed E-state index contributed by atoms with van der Waals surface area (Å²) in [6.07, 6.45) is 4.47. The molecule has 2 aromatic heterocycles. The summed E-state index contributed by atoms with van der Waals surface area (Å²) in [6.45, 7) is 2.09. The summed E-state index contributed by atoms with van der Waals surface area (Å²) < 4.78 is 26.4. The first-order valence-corrected chi connectivity index (χ1v) is 8.16. The molecule has 0 spiro atoms. The maximum absolute atomic E-state index is 13.3. The van der Waals surface area contributed by atoms with Crippen molar-refractivity contribution < 1.29 is 8.78 Å². The van der Waals surface area contributed by atoms with Crippen molar-refractivity contribution in [1.82, 2.24) is 15.0 Å². The lowest BCUT2D eigenvalue weighted by Gasteiger charge is -2.08. The lowest BCUT2D eigenvalue weighted by Crippen LogP contribution is -2.00. The minimum absolute atomic E-state index is 0.165. The second kappa shape index (κ2) is 6.16. The van der Waals surface area contributed by atoms with Crippen LogP contribution in [0.25, 0.3) is 22.2 Å². The van der Waals surface area contributed by atoms with E-state index in [1.165, 1.54) is 24.3 Å². The molecule has 1 atom stereocenters. The summed E-state index contributed by atoms with van der Waals surface area (Å²) in [7, 11) is 0. The minimum atomic E-state index is -0.257. The van der Waals surface area contributed by atoms with Gasteiger partial charge in [0.15, 0.2) is 0 Å². The summed E-state index contributed by atoms with van der Waals surface area (Å²) in [5.74, 6) is 0.533. The highest BCUT2D eigenvalue weighted by atomic mass is 19.1. The molecule has 4 aromatic rings. The van der Waals surface area contributed by atoms with Crippen LogP contribution in [0.2, 0.25) is 0 Å². The van der Waals surface area contributed by atoms with E-state index >= 15 is 0 Å². The van der Waals surface area contributed by atoms with Crippen LogP contribution >= 0.6 is 0 Å². The number of rotatable bonds is 4. The number of hydrogen-bond acceptors (Lipinski definition) is 1. The lowest BCUT2D eigenvalue weighted by molar-refractivity contribution is 0.628. The zero-order valence-corrected chi connectivity index (χ0v) is 13.7. The summed E-state index contributed by atoms with van der Waals surface area (Å²) in [5.41, 5.74) is 3.69. The Kier molecular flexibility index (Phi) is 3.84. The van der Waals surface area contributed by atoms with Crippen LogP contribution in [-0.4, -0.2) is 15.0 Å². The fourth-order valence-electron chi connectivity index (χ4n) is 3.12. The fourth-order valence-corrected chi connectivity index (χ4v) is 3.12. The number of hydrogen-bond donors (Lipinski definition) is 2. The number of nitrogens with zero attached hydrogens (tertiary/aromatic N) is 1. The highest BCUT2D eigenvalue weighted by molar-refractivity contribution is 5.83. The highest BCUT2D eigenvalue weighted by Gasteiger charge is 2.14. The Labute approximate surface area is 143 Å². The van der Waals surface area contributed by atoms with Gasteiger partial charge in [0, 0.05) is 23.0 Å². The molecular formula is C20H17F2N3. The molecule has 4 rings (SSSR count). The Bertz CT molecular complexity index is 1020. The number of nitrogens with one attached hydrogen (secondary N) is 2. The molecule has 2 heterocycles. The van der Waals surface area contributed by atoms with Gasteiger partial charge >= 0.3 is 0 Å². The Balaban J connectivity index is 1.56. The third-order valence-corrected chi connectivity index (χ3v) is 4.47. The average Bonchev–Trinajstić information content (AvgIpc) is 3.23. The third kappa shape index (κ3) is 3.05. The van der Waals surface area contributed by atoms with Gasteiger partial charge in [-0.1, -0.05) is 6.92 Å². The van der Waals surface area contributed by atoms with E-state index in [-0.39, 0.29) is 17.6 Å². The number of halogens is 2. The van der Waals surface area contributed by atoms with Gasteiger partial charge in [-0.3, -0.25) is 0 Å². The summed E-state index contributed by atoms with van der Waals surface area (Å²) >= 11 is 0. The Hall–Kier alpha value is -2.95. The van der Waals surface area contributed by atoms with Gasteiger partial charge in [-0.2, -0.15) is 0 Å². The van der Waals surface area contributed by atoms with Crippen LogP contribution < -0.4 is 0 Å². The highest BCUT2D eigenvalue weighted by Crippen LogP contribution is 2.26. The summed E-state index contributed by atoms with van der Waals surface area (Å²) in [6, 6.07) is 11.1. The first kappa shape index (κ1) is 15.6. The maximum Gasteiger partial charge on any atom is 0.125 e. The van der Waals surface area contributed by atoms with Crippen LogP contribution in [0.15, 0.2) is 54.9 Å². The fraction of sp³-hybridized carbons (Fsp3) is 0.150. The van der Waals surface area contributed by atoms with Crippen molar-refractivity contribution in [3.63, 3.8) is 0 Å². The lowest BCUT2D eigenvalue weighted by atomic mass is 10.00. The van der Waals surface area contributed by atoms with Gasteiger partial charge in [-0.15, -0.1) is 0 Å². The molecule has 0 radical (unpaired) electrons. The molecule has 5 heteroatoms. The molecule has 25 heavy (non-hydrogen) atoms. The number of imidazole rings is 1. The van der Waals surface area contributed by atoms with Crippen molar-refractivity contribution in [3.8, 4) is 11.3 Å². The molecule has 0 amide bonds. The molecule has 0 aliphatic heterocycles. The van der Waals surface area contributed by atoms with Gasteiger partial charge in [0.25, 0.3) is 0 Å². The van der Waals surface area contributed by atoms with Crippen LogP contribution in [0.4, 0.5) is 8.78 Å². The van der Waals surface area contributed by atoms with Gasteiger partial charge in [0.05, 0.1) is 11.9 Å². The molecule has 2 aromatic carbocycles. The monoisotopic (exact) mass is 337 g/mol. The second-order valence-electron chi connectivity index (χ2n) is 6.30. The van der Waals surface area contributed by atoms with Crippen LogP contribution in [-0.2, 0) is 6.42 Å². The smallest absolute Gasteiger partial charge is 0.125 e. The second-order valence-corrected chi connectivity index (χ2v) is 6.30. The van der Waals surface area contributed by atoms with E-state index in [1.54, 1.807) is 24.4 Å². The predicted octanol–water partition coefficient (Wildman–Crippen LogP) is 5.18. The largest absolute Gasteiger partial charge is 0.361 e. The minimum Gasteiger partial charge on any atom is -0.361 e. The molecule has 0 aliphatic carbocycles. The van der Waals surface area contributed by atoms with Crippen LogP contribution in [0.3, 0.4) is 0 Å². The molecule has 0 fully saturated rings. The Morgan fingerprint density at radius 1 is 1.04 bits per heavy atom. The molecule has 126 valence electrons. The molecule has 0 bridgehead atoms. The van der Waals surface area contributed by atoms with Crippen LogP contribution in [0.1, 0.15) is 24.2 Å². The Morgan fingerprint density at radius 3 is 2.60 bits per heavy atom. The first-order chi connectivity index (χ1) is 12.1. The van der Waals surface area contributed by atoms with Crippen molar-refractivity contribution >= 4 is 10.9 Å². The van der Waals surface area contributed by atoms with E-state index in [0.29, 0.717) is 0 Å². The number of H-pyrrole nitrogens is 2. The standard InChI is InChI=1S/C20H17F2N3/c1-12(8-14-10-23-18-9-16(22)6-7-17(14)18)20-24-11-19(25-20)13-2-4-15(21)5-3-13/h2-7,9-12,23H,8H2,1H3,(H,24,25). The van der Waals surface area contributed by atoms with E-state index in [9.17, 15) is 8.78 Å². The zero-order valence-electron chi connectivity index (χ0n) is 13.7. The Morgan fingerprint density at radius 2 is 1.80 bits per heavy atom. The van der Waals surface area contributed by atoms with Crippen molar-refractivity contribution in [1.29, 1.82) is 0 Å². The van der Waals surface area contributed by atoms with Gasteiger partial charge in [0.2, 0.25) is 0 Å². The molecule has 3 nitrogen and oxygen atoms in total. The molecule has 0 aliphatic rings. The van der Waals surface area contributed by atoms with Gasteiger partial charge in [0.1, 0.15) is 17.5 Å². The molecule has 0 saturated heterocycles. The van der Waals surface area contributed by atoms with Crippen molar-refractivity contribution in [2.24, 2.45) is 0 Å². The molecule has 1 unspecified atom stereocenters. The molecule has 0 saturated carbocycles. The van der Waals surface area contributed by atoms with Crippen LogP contribution in [0, 0.1) is 11.6 Å². The van der Waals surface area contributed by atoms with E-state index in [0.717, 1.165) is 40.0 Å². The number of aromatic amines is 2. The van der Waals surface area contributed by atoms with E-state index in [1.807, 2.05) is 6.20 Å². The number of aromatic nitrogens is 3. The van der Waals surface area contributed by atoms with Gasteiger partial charge in [-0.05, 0) is 60.0 Å². The summed E-state index contributed by atoms with van der Waals surface area (Å²) in [4.78, 5) is 10.9. The van der Waals surface area contributed by atoms with Gasteiger partial charge in [-0.25, -0.2) is 13.8 Å². The van der Waals surface area contributed by atoms with Crippen molar-refractivity contribution in [2.75, 3.05) is 0 Å². The van der Waals surface area contributed by atoms with Crippen LogP contribution in [0.5, 0.6) is 0 Å². The third-order valence-electron chi connectivity index (χ3n) is 4.47. The van der Waals surface area contributed by atoms with E-state index < -0.39 is 0 Å². The normalized spacial score (nSPS) is 12.6. The topological polar surface area (TPSA) is 44.5 Å². The SMILES string of the molecule is CC(Cc1c[nH]c2cc(F)ccc12)c1ncc(-c2ccc(F)cc2)[nH]1. The quantitative estimate of drug-likeness (QED) is 0.529. The maximum atomic E-state index is 13.3. The van der Waals surface area contributed by atoms with E-state index in [2.05, 4.69) is 21.9 Å². The number of benzene rings is 2. The van der Waals surface area contributed by atoms with Gasteiger partial charge < -0.3 is 9.97 Å². The zero-order chi connectivity index (χ0) is 17.4. The molecule has 2 N–H and O–H groups in total. The van der Waals surface area contributed by atoms with Crippen molar-refractivity contribution in [3.05, 3.63) is 77.9 Å². The first-order valence-electron chi connectivity index (χ1n) is 8.16. The van der Waals surface area contributed by atoms with E-state index in [4.69, 9.17) is 0 Å². The van der Waals surface area contributed by atoms with Crippen molar-refractivity contribution in [2.45, 2.75) is 19.3 Å². The predicted molar refractivity (Wildman–Crippen MR) is 94.4 cm³/mol. The molecular weight excluding hydrogens is 320 g/mol. The average molecular weight is 337 g/mol.